The van der Waals surface area contributed by atoms with Crippen molar-refractivity contribution < 1.29 is 22.7 Å². The summed E-state index contributed by atoms with van der Waals surface area (Å²) in [6, 6.07) is 10.9. The van der Waals surface area contributed by atoms with Gasteiger partial charge in [-0.1, -0.05) is 18.2 Å². The maximum absolute atomic E-state index is 12.7. The first-order valence-corrected chi connectivity index (χ1v) is 11.8. The van der Waals surface area contributed by atoms with Gasteiger partial charge in [0, 0.05) is 26.1 Å². The number of rotatable bonds is 11. The molecule has 0 saturated heterocycles. The second-order valence-corrected chi connectivity index (χ2v) is 8.98. The third-order valence-corrected chi connectivity index (χ3v) is 6.50. The number of carbonyl (C=O) groups is 1. The van der Waals surface area contributed by atoms with Crippen LogP contribution in [0.25, 0.3) is 0 Å². The predicted octanol–water partition coefficient (Wildman–Crippen LogP) is 3.43. The van der Waals surface area contributed by atoms with E-state index >= 15 is 0 Å². The van der Waals surface area contributed by atoms with E-state index in [2.05, 4.69) is 4.72 Å². The number of nitrogens with zero attached hydrogens (tertiary/aromatic N) is 1. The molecule has 0 unspecified atom stereocenters. The molecule has 1 amide bonds. The van der Waals surface area contributed by atoms with E-state index in [0.29, 0.717) is 36.8 Å². The molecular formula is C23H32N2O5S. The maximum atomic E-state index is 12.7. The second-order valence-electron chi connectivity index (χ2n) is 7.24. The molecule has 0 bridgehead atoms. The second kappa shape index (κ2) is 11.2. The van der Waals surface area contributed by atoms with E-state index in [1.807, 2.05) is 45.0 Å². The van der Waals surface area contributed by atoms with Crippen LogP contribution in [0.1, 0.15) is 37.0 Å². The van der Waals surface area contributed by atoms with Gasteiger partial charge in [-0.2, -0.15) is 0 Å². The van der Waals surface area contributed by atoms with E-state index in [1.54, 1.807) is 31.1 Å². The largest absolute Gasteiger partial charge is 0.493 e. The van der Waals surface area contributed by atoms with Crippen LogP contribution in [0.5, 0.6) is 11.5 Å². The zero-order valence-corrected chi connectivity index (χ0v) is 19.7. The zero-order valence-electron chi connectivity index (χ0n) is 18.9. The first-order valence-electron chi connectivity index (χ1n) is 10.4. The van der Waals surface area contributed by atoms with Crippen molar-refractivity contribution in [1.82, 2.24) is 9.62 Å². The Bertz CT molecular complexity index is 1010. The third kappa shape index (κ3) is 6.70. The summed E-state index contributed by atoms with van der Waals surface area (Å²) in [4.78, 5) is 14.6. The molecule has 0 fully saturated rings. The highest BCUT2D eigenvalue weighted by atomic mass is 32.2. The average Bonchev–Trinajstić information content (AvgIpc) is 2.74. The minimum absolute atomic E-state index is 0.0393. The summed E-state index contributed by atoms with van der Waals surface area (Å²) in [6.45, 7) is 8.88. The fourth-order valence-corrected chi connectivity index (χ4v) is 4.57. The Morgan fingerprint density at radius 3 is 2.45 bits per heavy atom. The van der Waals surface area contributed by atoms with Gasteiger partial charge in [-0.15, -0.1) is 0 Å². The molecule has 0 aliphatic rings. The topological polar surface area (TPSA) is 84.9 Å². The molecule has 8 heteroatoms. The molecule has 0 aliphatic heterocycles. The first kappa shape index (κ1) is 24.7. The molecule has 31 heavy (non-hydrogen) atoms. The van der Waals surface area contributed by atoms with E-state index in [4.69, 9.17) is 9.47 Å². The normalized spacial score (nSPS) is 11.3. The Labute approximate surface area is 185 Å². The van der Waals surface area contributed by atoms with Gasteiger partial charge in [0.05, 0.1) is 18.6 Å². The van der Waals surface area contributed by atoms with Crippen molar-refractivity contribution in [3.63, 3.8) is 0 Å². The summed E-state index contributed by atoms with van der Waals surface area (Å²) >= 11 is 0. The van der Waals surface area contributed by atoms with Crippen molar-refractivity contribution in [3.05, 3.63) is 53.1 Å². The number of nitrogens with one attached hydrogen (secondary N) is 1. The van der Waals surface area contributed by atoms with Gasteiger partial charge in [-0.3, -0.25) is 4.79 Å². The number of hydrogen-bond donors (Lipinski definition) is 1. The Morgan fingerprint density at radius 2 is 1.81 bits per heavy atom. The lowest BCUT2D eigenvalue weighted by Gasteiger charge is -2.22. The molecule has 0 aliphatic carbocycles. The summed E-state index contributed by atoms with van der Waals surface area (Å²) in [7, 11) is -2.10. The van der Waals surface area contributed by atoms with Crippen LogP contribution >= 0.6 is 0 Å². The number of methoxy groups -OCH3 is 1. The Hall–Kier alpha value is -2.58. The summed E-state index contributed by atoms with van der Waals surface area (Å²) in [6.07, 6.45) is 0.0755. The highest BCUT2D eigenvalue weighted by molar-refractivity contribution is 7.89. The predicted molar refractivity (Wildman–Crippen MR) is 121 cm³/mol. The van der Waals surface area contributed by atoms with Crippen LogP contribution in [0.15, 0.2) is 41.3 Å². The van der Waals surface area contributed by atoms with Gasteiger partial charge in [0.15, 0.2) is 11.5 Å². The lowest BCUT2D eigenvalue weighted by Crippen LogP contribution is -2.34. The summed E-state index contributed by atoms with van der Waals surface area (Å²) < 4.78 is 38.7. The molecule has 0 heterocycles. The van der Waals surface area contributed by atoms with E-state index in [1.165, 1.54) is 0 Å². The number of amides is 1. The maximum Gasteiger partial charge on any atom is 0.240 e. The van der Waals surface area contributed by atoms with Crippen molar-refractivity contribution in [2.45, 2.75) is 45.6 Å². The molecule has 2 aromatic rings. The van der Waals surface area contributed by atoms with Gasteiger partial charge < -0.3 is 14.4 Å². The summed E-state index contributed by atoms with van der Waals surface area (Å²) in [5, 5.41) is 0. The smallest absolute Gasteiger partial charge is 0.240 e. The molecule has 2 rings (SSSR count). The first-order chi connectivity index (χ1) is 14.7. The molecule has 0 saturated carbocycles. The standard InChI is InChI=1S/C23H32N2O5S/c1-6-25(16-19-10-11-20(30-7-2)21(15-19)29-5)23(26)12-13-24-31(27,28)22-14-17(3)8-9-18(22)4/h8-11,14-15,24H,6-7,12-13,16H2,1-5H3. The summed E-state index contributed by atoms with van der Waals surface area (Å²) in [5.74, 6) is 1.15. The molecule has 2 aromatic carbocycles. The van der Waals surface area contributed by atoms with E-state index in [-0.39, 0.29) is 23.8 Å². The van der Waals surface area contributed by atoms with Crippen LogP contribution in [0.4, 0.5) is 0 Å². The fraction of sp³-hybridized carbons (Fsp3) is 0.435. The lowest BCUT2D eigenvalue weighted by molar-refractivity contribution is -0.131. The van der Waals surface area contributed by atoms with Crippen molar-refractivity contribution in [3.8, 4) is 11.5 Å². The average molecular weight is 449 g/mol. The van der Waals surface area contributed by atoms with Gasteiger partial charge in [0.2, 0.25) is 15.9 Å². The quantitative estimate of drug-likeness (QED) is 0.569. The number of benzene rings is 2. The molecule has 1 N–H and O–H groups in total. The third-order valence-electron chi connectivity index (χ3n) is 4.90. The monoisotopic (exact) mass is 448 g/mol. The van der Waals surface area contributed by atoms with Crippen LogP contribution in [0.3, 0.4) is 0 Å². The summed E-state index contributed by atoms with van der Waals surface area (Å²) in [5.41, 5.74) is 2.44. The Kier molecular flexibility index (Phi) is 8.88. The van der Waals surface area contributed by atoms with E-state index in [0.717, 1.165) is 11.1 Å². The van der Waals surface area contributed by atoms with E-state index in [9.17, 15) is 13.2 Å². The highest BCUT2D eigenvalue weighted by Crippen LogP contribution is 2.28. The molecule has 0 radical (unpaired) electrons. The number of ether oxygens (including phenoxy) is 2. The van der Waals surface area contributed by atoms with Crippen molar-refractivity contribution in [2.24, 2.45) is 0 Å². The lowest BCUT2D eigenvalue weighted by atomic mass is 10.1. The van der Waals surface area contributed by atoms with Crippen molar-refractivity contribution in [2.75, 3.05) is 26.8 Å². The van der Waals surface area contributed by atoms with Gasteiger partial charge in [-0.05, 0) is 62.6 Å². The number of sulfonamides is 1. The van der Waals surface area contributed by atoms with Gasteiger partial charge in [0.1, 0.15) is 0 Å². The molecule has 7 nitrogen and oxygen atoms in total. The number of aryl methyl sites for hydroxylation is 2. The van der Waals surface area contributed by atoms with Crippen molar-refractivity contribution in [1.29, 1.82) is 0 Å². The molecule has 170 valence electrons. The minimum Gasteiger partial charge on any atom is -0.493 e. The Balaban J connectivity index is 1.99. The molecular weight excluding hydrogens is 416 g/mol. The van der Waals surface area contributed by atoms with Crippen LogP contribution < -0.4 is 14.2 Å². The molecule has 0 spiro atoms. The Morgan fingerprint density at radius 1 is 1.06 bits per heavy atom. The molecule has 0 aromatic heterocycles. The van der Waals surface area contributed by atoms with Crippen LogP contribution in [0.2, 0.25) is 0 Å². The number of hydrogen-bond acceptors (Lipinski definition) is 5. The van der Waals surface area contributed by atoms with Gasteiger partial charge >= 0.3 is 0 Å². The van der Waals surface area contributed by atoms with Gasteiger partial charge in [-0.25, -0.2) is 13.1 Å². The SMILES string of the molecule is CCOc1ccc(CN(CC)C(=O)CCNS(=O)(=O)c2cc(C)ccc2C)cc1OC. The van der Waals surface area contributed by atoms with Crippen molar-refractivity contribution >= 4 is 15.9 Å². The highest BCUT2D eigenvalue weighted by Gasteiger charge is 2.19. The van der Waals surface area contributed by atoms with Crippen LogP contribution in [-0.2, 0) is 21.4 Å². The fourth-order valence-electron chi connectivity index (χ4n) is 3.21. The molecule has 0 atom stereocenters. The minimum atomic E-state index is -3.67. The van der Waals surface area contributed by atoms with Crippen LogP contribution in [-0.4, -0.2) is 46.0 Å². The van der Waals surface area contributed by atoms with Crippen LogP contribution in [0, 0.1) is 13.8 Å². The van der Waals surface area contributed by atoms with E-state index < -0.39 is 10.0 Å². The zero-order chi connectivity index (χ0) is 23.0. The number of carbonyl (C=O) groups excluding carboxylic acids is 1. The van der Waals surface area contributed by atoms with Gasteiger partial charge in [0.25, 0.3) is 0 Å².